The number of fused-ring (bicyclic) bond motifs is 1. The number of likely N-dealkylation sites (tertiary alicyclic amines) is 1. The number of pyridine rings is 1. The van der Waals surface area contributed by atoms with Crippen molar-refractivity contribution in [2.75, 3.05) is 26.2 Å². The third-order valence-corrected chi connectivity index (χ3v) is 5.72. The maximum atomic E-state index is 13.9. The fourth-order valence-corrected chi connectivity index (χ4v) is 3.95. The zero-order valence-corrected chi connectivity index (χ0v) is 20.7. The van der Waals surface area contributed by atoms with E-state index in [9.17, 15) is 4.39 Å². The molecule has 0 amide bonds. The number of hydrogen-bond donors (Lipinski definition) is 2. The molecule has 172 valence electrons. The molecular formula is C23H31FIN7. The van der Waals surface area contributed by atoms with Crippen LogP contribution in [0.4, 0.5) is 4.39 Å². The van der Waals surface area contributed by atoms with E-state index in [1.54, 1.807) is 6.07 Å². The largest absolute Gasteiger partial charge is 0.357 e. The summed E-state index contributed by atoms with van der Waals surface area (Å²) in [6, 6.07) is 12.9. The maximum Gasteiger partial charge on any atom is 0.191 e. The maximum absolute atomic E-state index is 13.9. The number of aliphatic imine (C=N–C) groups is 1. The average molecular weight is 551 g/mol. The zero-order chi connectivity index (χ0) is 21.5. The summed E-state index contributed by atoms with van der Waals surface area (Å²) in [5.74, 6) is 2.08. The van der Waals surface area contributed by atoms with Crippen molar-refractivity contribution in [2.45, 2.75) is 32.9 Å². The van der Waals surface area contributed by atoms with Gasteiger partial charge in [-0.25, -0.2) is 9.38 Å². The van der Waals surface area contributed by atoms with Gasteiger partial charge in [-0.05, 0) is 57.0 Å². The Kier molecular flexibility index (Phi) is 9.22. The number of rotatable bonds is 7. The van der Waals surface area contributed by atoms with E-state index in [-0.39, 0.29) is 29.8 Å². The van der Waals surface area contributed by atoms with Gasteiger partial charge in [0.15, 0.2) is 17.4 Å². The van der Waals surface area contributed by atoms with Crippen molar-refractivity contribution in [3.63, 3.8) is 0 Å². The summed E-state index contributed by atoms with van der Waals surface area (Å²) in [5, 5.41) is 15.2. The van der Waals surface area contributed by atoms with Crippen LogP contribution < -0.4 is 10.6 Å². The Morgan fingerprint density at radius 3 is 2.66 bits per heavy atom. The molecule has 7 nitrogen and oxygen atoms in total. The number of piperidine rings is 1. The van der Waals surface area contributed by atoms with Crippen molar-refractivity contribution >= 4 is 35.6 Å². The lowest BCUT2D eigenvalue weighted by molar-refractivity contribution is 0.176. The predicted molar refractivity (Wildman–Crippen MR) is 136 cm³/mol. The molecule has 2 N–H and O–H groups in total. The first-order valence-corrected chi connectivity index (χ1v) is 11.0. The molecule has 0 bridgehead atoms. The van der Waals surface area contributed by atoms with Gasteiger partial charge in [0.25, 0.3) is 0 Å². The average Bonchev–Trinajstić information content (AvgIpc) is 3.21. The fourth-order valence-electron chi connectivity index (χ4n) is 3.95. The molecule has 0 radical (unpaired) electrons. The Hall–Kier alpha value is -2.27. The molecule has 0 unspecified atom stereocenters. The molecule has 2 aromatic heterocycles. The van der Waals surface area contributed by atoms with Gasteiger partial charge >= 0.3 is 0 Å². The summed E-state index contributed by atoms with van der Waals surface area (Å²) in [4.78, 5) is 7.03. The van der Waals surface area contributed by atoms with E-state index >= 15 is 0 Å². The fraction of sp³-hybridized carbons (Fsp3) is 0.435. The van der Waals surface area contributed by atoms with Gasteiger partial charge in [-0.15, -0.1) is 34.2 Å². The summed E-state index contributed by atoms with van der Waals surface area (Å²) >= 11 is 0. The smallest absolute Gasteiger partial charge is 0.191 e. The molecule has 3 heterocycles. The highest BCUT2D eigenvalue weighted by atomic mass is 127. The number of nitrogens with zero attached hydrogens (tertiary/aromatic N) is 5. The van der Waals surface area contributed by atoms with Crippen LogP contribution in [0.3, 0.4) is 0 Å². The lowest BCUT2D eigenvalue weighted by Gasteiger charge is -2.32. The first-order chi connectivity index (χ1) is 15.2. The van der Waals surface area contributed by atoms with Gasteiger partial charge in [0.05, 0.1) is 0 Å². The van der Waals surface area contributed by atoms with Crippen LogP contribution in [-0.4, -0.2) is 51.6 Å². The minimum atomic E-state index is -0.113. The second-order valence-electron chi connectivity index (χ2n) is 7.93. The Morgan fingerprint density at radius 1 is 1.09 bits per heavy atom. The van der Waals surface area contributed by atoms with Gasteiger partial charge in [-0.3, -0.25) is 9.30 Å². The highest BCUT2D eigenvalue weighted by Crippen LogP contribution is 2.19. The number of guanidine groups is 1. The summed E-state index contributed by atoms with van der Waals surface area (Å²) in [5.41, 5.74) is 1.61. The van der Waals surface area contributed by atoms with Crippen LogP contribution in [0.25, 0.3) is 5.65 Å². The van der Waals surface area contributed by atoms with Crippen LogP contribution >= 0.6 is 24.0 Å². The van der Waals surface area contributed by atoms with Crippen LogP contribution in [0.1, 0.15) is 31.2 Å². The van der Waals surface area contributed by atoms with E-state index in [0.717, 1.165) is 62.0 Å². The highest BCUT2D eigenvalue weighted by Gasteiger charge is 2.20. The van der Waals surface area contributed by atoms with Crippen LogP contribution in [-0.2, 0) is 13.1 Å². The normalized spacial score (nSPS) is 15.5. The summed E-state index contributed by atoms with van der Waals surface area (Å²) in [6.07, 6.45) is 4.14. The first kappa shape index (κ1) is 24.4. The van der Waals surface area contributed by atoms with Crippen LogP contribution in [0.5, 0.6) is 0 Å². The predicted octanol–water partition coefficient (Wildman–Crippen LogP) is 3.45. The van der Waals surface area contributed by atoms with Crippen molar-refractivity contribution in [3.05, 3.63) is 65.9 Å². The minimum Gasteiger partial charge on any atom is -0.357 e. The monoisotopic (exact) mass is 551 g/mol. The Balaban J connectivity index is 0.00000289. The van der Waals surface area contributed by atoms with E-state index in [0.29, 0.717) is 19.0 Å². The van der Waals surface area contributed by atoms with Gasteiger partial charge in [0.2, 0.25) is 0 Å². The Labute approximate surface area is 205 Å². The van der Waals surface area contributed by atoms with Crippen molar-refractivity contribution in [2.24, 2.45) is 10.9 Å². The van der Waals surface area contributed by atoms with E-state index < -0.39 is 0 Å². The molecule has 1 aromatic carbocycles. The molecule has 1 aliphatic heterocycles. The summed E-state index contributed by atoms with van der Waals surface area (Å²) in [6.45, 7) is 6.85. The first-order valence-electron chi connectivity index (χ1n) is 11.0. The number of hydrogen-bond acceptors (Lipinski definition) is 4. The lowest BCUT2D eigenvalue weighted by Crippen LogP contribution is -2.42. The van der Waals surface area contributed by atoms with Gasteiger partial charge in [-0.2, -0.15) is 0 Å². The number of halogens is 2. The molecule has 1 aliphatic rings. The molecular weight excluding hydrogens is 520 g/mol. The lowest BCUT2D eigenvalue weighted by atomic mass is 9.96. The SMILES string of the molecule is CCNC(=NCc1nnc2ccccn12)NCC1CCN(Cc2ccccc2F)CC1.I. The van der Waals surface area contributed by atoms with Gasteiger partial charge < -0.3 is 10.6 Å². The molecule has 0 spiro atoms. The van der Waals surface area contributed by atoms with Gasteiger partial charge in [-0.1, -0.05) is 24.3 Å². The highest BCUT2D eigenvalue weighted by molar-refractivity contribution is 14.0. The standard InChI is InChI=1S/C23H30FN7.HI/c1-2-25-23(27-16-22-29-28-21-9-5-6-12-31(21)22)26-15-18-10-13-30(14-11-18)17-19-7-3-4-8-20(19)24;/h3-9,12,18H,2,10-11,13-17H2,1H3,(H2,25,26,27);1H. The van der Waals surface area contributed by atoms with Crippen molar-refractivity contribution < 1.29 is 4.39 Å². The zero-order valence-electron chi connectivity index (χ0n) is 18.4. The molecule has 0 atom stereocenters. The molecule has 4 rings (SSSR count). The molecule has 0 saturated carbocycles. The topological polar surface area (TPSA) is 69.8 Å². The Bertz CT molecular complexity index is 1010. The van der Waals surface area contributed by atoms with Gasteiger partial charge in [0, 0.05) is 31.4 Å². The number of benzene rings is 1. The third kappa shape index (κ3) is 6.38. The van der Waals surface area contributed by atoms with Gasteiger partial charge in [0.1, 0.15) is 12.4 Å². The third-order valence-electron chi connectivity index (χ3n) is 5.72. The van der Waals surface area contributed by atoms with Crippen molar-refractivity contribution in [1.29, 1.82) is 0 Å². The van der Waals surface area contributed by atoms with Crippen LogP contribution in [0.15, 0.2) is 53.7 Å². The Morgan fingerprint density at radius 2 is 1.88 bits per heavy atom. The molecule has 32 heavy (non-hydrogen) atoms. The number of aromatic nitrogens is 3. The molecule has 9 heteroatoms. The van der Waals surface area contributed by atoms with Crippen molar-refractivity contribution in [3.8, 4) is 0 Å². The second-order valence-corrected chi connectivity index (χ2v) is 7.93. The minimum absolute atomic E-state index is 0. The molecule has 1 saturated heterocycles. The second kappa shape index (κ2) is 12.1. The molecule has 1 fully saturated rings. The summed E-state index contributed by atoms with van der Waals surface area (Å²) in [7, 11) is 0. The van der Waals surface area contributed by atoms with E-state index in [4.69, 9.17) is 0 Å². The quantitative estimate of drug-likeness (QED) is 0.268. The van der Waals surface area contributed by atoms with E-state index in [2.05, 4.69) is 37.6 Å². The van der Waals surface area contributed by atoms with Crippen LogP contribution in [0.2, 0.25) is 0 Å². The molecule has 3 aromatic rings. The van der Waals surface area contributed by atoms with Crippen LogP contribution in [0, 0.1) is 11.7 Å². The van der Waals surface area contributed by atoms with E-state index in [1.807, 2.05) is 40.9 Å². The van der Waals surface area contributed by atoms with Crippen molar-refractivity contribution in [1.82, 2.24) is 30.1 Å². The van der Waals surface area contributed by atoms with E-state index in [1.165, 1.54) is 6.07 Å². The molecule has 0 aliphatic carbocycles. The summed E-state index contributed by atoms with van der Waals surface area (Å²) < 4.78 is 15.9. The number of nitrogens with one attached hydrogen (secondary N) is 2.